The van der Waals surface area contributed by atoms with E-state index in [0.717, 1.165) is 16.7 Å². The van der Waals surface area contributed by atoms with Gasteiger partial charge in [0.2, 0.25) is 0 Å². The van der Waals surface area contributed by atoms with Gasteiger partial charge in [-0.2, -0.15) is 0 Å². The van der Waals surface area contributed by atoms with Crippen LogP contribution in [-0.2, 0) is 22.6 Å². The number of rotatable bonds is 7. The number of carbonyl (C=O) groups is 1. The zero-order valence-electron chi connectivity index (χ0n) is 15.0. The fourth-order valence-corrected chi connectivity index (χ4v) is 2.64. The molecule has 0 aliphatic heterocycles. The first-order valence-corrected chi connectivity index (χ1v) is 7.82. The molecule has 6 nitrogen and oxygen atoms in total. The van der Waals surface area contributed by atoms with Crippen LogP contribution in [0.15, 0.2) is 36.4 Å². The number of hydrogen-bond acceptors (Lipinski definition) is 6. The molecule has 3 N–H and O–H groups in total. The molecular formula is C19H24ClNO5. The molecule has 0 saturated carbocycles. The molecule has 0 aromatic heterocycles. The molecule has 142 valence electrons. The topological polar surface area (TPSA) is 91.0 Å². The zero-order chi connectivity index (χ0) is 18.4. The first-order valence-electron chi connectivity index (χ1n) is 7.82. The van der Waals surface area contributed by atoms with Crippen LogP contribution in [0.2, 0.25) is 0 Å². The van der Waals surface area contributed by atoms with E-state index in [2.05, 4.69) is 4.74 Å². The molecule has 0 fully saturated rings. The number of hydrogen-bond donors (Lipinski definition) is 2. The molecule has 0 amide bonds. The maximum atomic E-state index is 11.4. The highest BCUT2D eigenvalue weighted by Gasteiger charge is 2.16. The van der Waals surface area contributed by atoms with E-state index in [0.29, 0.717) is 23.5 Å². The Kier molecular flexibility index (Phi) is 8.38. The number of benzene rings is 2. The zero-order valence-corrected chi connectivity index (χ0v) is 15.8. The van der Waals surface area contributed by atoms with Gasteiger partial charge in [-0.05, 0) is 35.2 Å². The number of nitrogens with two attached hydrogens (primary N) is 1. The summed E-state index contributed by atoms with van der Waals surface area (Å²) in [6.07, 6.45) is 0.394. The van der Waals surface area contributed by atoms with Gasteiger partial charge in [0.25, 0.3) is 0 Å². The van der Waals surface area contributed by atoms with Crippen molar-refractivity contribution in [2.45, 2.75) is 19.1 Å². The summed E-state index contributed by atoms with van der Waals surface area (Å²) in [6.45, 7) is -0.0998. The Morgan fingerprint density at radius 1 is 1.04 bits per heavy atom. The summed E-state index contributed by atoms with van der Waals surface area (Å²) in [5.74, 6) is 0.789. The molecule has 1 atom stereocenters. The highest BCUT2D eigenvalue weighted by atomic mass is 35.5. The van der Waals surface area contributed by atoms with E-state index >= 15 is 0 Å². The monoisotopic (exact) mass is 381 g/mol. The van der Waals surface area contributed by atoms with Gasteiger partial charge in [0, 0.05) is 0 Å². The van der Waals surface area contributed by atoms with Gasteiger partial charge in [-0.3, -0.25) is 4.79 Å². The van der Waals surface area contributed by atoms with Crippen LogP contribution in [0.3, 0.4) is 0 Å². The average Bonchev–Trinajstić information content (AvgIpc) is 2.66. The molecule has 0 saturated heterocycles. The van der Waals surface area contributed by atoms with Crippen molar-refractivity contribution in [2.75, 3.05) is 21.3 Å². The summed E-state index contributed by atoms with van der Waals surface area (Å²) in [5.41, 5.74) is 9.12. The summed E-state index contributed by atoms with van der Waals surface area (Å²) in [4.78, 5) is 11.4. The van der Waals surface area contributed by atoms with Crippen LogP contribution in [0.4, 0.5) is 0 Å². The van der Waals surface area contributed by atoms with Gasteiger partial charge in [0.05, 0.1) is 33.5 Å². The summed E-state index contributed by atoms with van der Waals surface area (Å²) in [6, 6.07) is 10.5. The van der Waals surface area contributed by atoms with Crippen molar-refractivity contribution in [3.8, 4) is 22.6 Å². The van der Waals surface area contributed by atoms with Crippen molar-refractivity contribution in [3.63, 3.8) is 0 Å². The average molecular weight is 382 g/mol. The first-order chi connectivity index (χ1) is 12.0. The van der Waals surface area contributed by atoms with Crippen molar-refractivity contribution in [1.82, 2.24) is 0 Å². The maximum Gasteiger partial charge on any atom is 0.322 e. The van der Waals surface area contributed by atoms with Crippen LogP contribution < -0.4 is 15.2 Å². The lowest BCUT2D eigenvalue weighted by atomic mass is 9.98. The van der Waals surface area contributed by atoms with Gasteiger partial charge in [0.1, 0.15) is 17.5 Å². The smallest absolute Gasteiger partial charge is 0.322 e. The Hall–Kier alpha value is -2.28. The molecule has 0 aliphatic rings. The number of halogens is 1. The molecule has 0 spiro atoms. The number of carbonyl (C=O) groups excluding carboxylic acids is 1. The third-order valence-electron chi connectivity index (χ3n) is 3.95. The molecule has 26 heavy (non-hydrogen) atoms. The second kappa shape index (κ2) is 10.0. The van der Waals surface area contributed by atoms with Gasteiger partial charge in [0.15, 0.2) is 0 Å². The minimum Gasteiger partial charge on any atom is -0.496 e. The van der Waals surface area contributed by atoms with E-state index in [4.69, 9.17) is 15.2 Å². The summed E-state index contributed by atoms with van der Waals surface area (Å²) in [5, 5.41) is 9.36. The number of methoxy groups -OCH3 is 3. The number of ether oxygens (including phenoxy) is 3. The first kappa shape index (κ1) is 21.8. The summed E-state index contributed by atoms with van der Waals surface area (Å²) in [7, 11) is 4.46. The lowest BCUT2D eigenvalue weighted by Crippen LogP contribution is -2.33. The van der Waals surface area contributed by atoms with Crippen LogP contribution in [0.25, 0.3) is 11.1 Å². The van der Waals surface area contributed by atoms with Gasteiger partial charge < -0.3 is 25.1 Å². The Bertz CT molecular complexity index is 708. The van der Waals surface area contributed by atoms with Crippen LogP contribution >= 0.6 is 12.4 Å². The third kappa shape index (κ3) is 4.88. The second-order valence-corrected chi connectivity index (χ2v) is 5.56. The third-order valence-corrected chi connectivity index (χ3v) is 3.95. The number of aliphatic hydroxyl groups is 1. The standard InChI is InChI=1S/C19H23NO5.ClH/c1-23-16-9-13(11-21)10-17(24-2)18(16)14-6-4-12(5-7-14)8-15(20)19(22)25-3;/h4-7,9-10,15,21H,8,11,20H2,1-3H3;1H. The Morgan fingerprint density at radius 2 is 1.58 bits per heavy atom. The minimum absolute atomic E-state index is 0. The molecule has 1 unspecified atom stereocenters. The Morgan fingerprint density at radius 3 is 2.00 bits per heavy atom. The normalized spacial score (nSPS) is 11.3. The maximum absolute atomic E-state index is 11.4. The van der Waals surface area contributed by atoms with E-state index in [1.54, 1.807) is 26.4 Å². The SMILES string of the molecule is COC(=O)C(N)Cc1ccc(-c2c(OC)cc(CO)cc2OC)cc1.Cl. The summed E-state index contributed by atoms with van der Waals surface area (Å²) >= 11 is 0. The predicted molar refractivity (Wildman–Crippen MR) is 102 cm³/mol. The van der Waals surface area contributed by atoms with Crippen LogP contribution in [-0.4, -0.2) is 38.4 Å². The van der Waals surface area contributed by atoms with Gasteiger partial charge in [-0.15, -0.1) is 12.4 Å². The summed E-state index contributed by atoms with van der Waals surface area (Å²) < 4.78 is 15.5. The van der Waals surface area contributed by atoms with Crippen LogP contribution in [0.1, 0.15) is 11.1 Å². The highest BCUT2D eigenvalue weighted by Crippen LogP contribution is 2.39. The van der Waals surface area contributed by atoms with Gasteiger partial charge in [-0.1, -0.05) is 24.3 Å². The van der Waals surface area contributed by atoms with E-state index < -0.39 is 12.0 Å². The van der Waals surface area contributed by atoms with Crippen molar-refractivity contribution >= 4 is 18.4 Å². The van der Waals surface area contributed by atoms with E-state index in [1.165, 1.54) is 7.11 Å². The largest absolute Gasteiger partial charge is 0.496 e. The Balaban J connectivity index is 0.00000338. The molecule has 2 aromatic rings. The van der Waals surface area contributed by atoms with Gasteiger partial charge >= 0.3 is 5.97 Å². The molecule has 0 bridgehead atoms. The van der Waals surface area contributed by atoms with Crippen LogP contribution in [0.5, 0.6) is 11.5 Å². The number of esters is 1. The molecule has 0 aliphatic carbocycles. The van der Waals surface area contributed by atoms with E-state index in [9.17, 15) is 9.90 Å². The molecule has 2 aromatic carbocycles. The van der Waals surface area contributed by atoms with Crippen molar-refractivity contribution in [3.05, 3.63) is 47.5 Å². The molecule has 7 heteroatoms. The predicted octanol–water partition coefficient (Wildman–Crippen LogP) is 2.33. The molecule has 0 heterocycles. The molecule has 0 radical (unpaired) electrons. The van der Waals surface area contributed by atoms with E-state index in [-0.39, 0.29) is 19.0 Å². The fourth-order valence-electron chi connectivity index (χ4n) is 2.64. The quantitative estimate of drug-likeness (QED) is 0.715. The minimum atomic E-state index is -0.691. The van der Waals surface area contributed by atoms with Crippen molar-refractivity contribution in [1.29, 1.82) is 0 Å². The highest BCUT2D eigenvalue weighted by molar-refractivity contribution is 5.85. The lowest BCUT2D eigenvalue weighted by Gasteiger charge is -2.16. The van der Waals surface area contributed by atoms with Crippen molar-refractivity contribution in [2.24, 2.45) is 5.73 Å². The van der Waals surface area contributed by atoms with Crippen molar-refractivity contribution < 1.29 is 24.1 Å². The molecular weight excluding hydrogens is 358 g/mol. The van der Waals surface area contributed by atoms with Gasteiger partial charge in [-0.25, -0.2) is 0 Å². The van der Waals surface area contributed by atoms with Crippen LogP contribution in [0, 0.1) is 0 Å². The Labute approximate surface area is 159 Å². The molecule has 2 rings (SSSR count). The number of aliphatic hydroxyl groups excluding tert-OH is 1. The van der Waals surface area contributed by atoms with E-state index in [1.807, 2.05) is 24.3 Å². The second-order valence-electron chi connectivity index (χ2n) is 5.56. The fraction of sp³-hybridized carbons (Fsp3) is 0.316. The lowest BCUT2D eigenvalue weighted by molar-refractivity contribution is -0.142.